The molecule has 0 radical (unpaired) electrons. The molecule has 1 saturated carbocycles. The van der Waals surface area contributed by atoms with E-state index < -0.39 is 5.97 Å². The normalized spacial score (nSPS) is 28.1. The number of likely N-dealkylation sites (tertiary alicyclic amines) is 1. The summed E-state index contributed by atoms with van der Waals surface area (Å²) in [5.74, 6) is -0.705. The second kappa shape index (κ2) is 6.36. The molecule has 0 amide bonds. The lowest BCUT2D eigenvalue weighted by atomic mass is 9.94. The summed E-state index contributed by atoms with van der Waals surface area (Å²) < 4.78 is 0. The van der Waals surface area contributed by atoms with Crippen LogP contribution in [-0.4, -0.2) is 47.7 Å². The molecule has 17 heavy (non-hydrogen) atoms. The first-order valence-corrected chi connectivity index (χ1v) is 6.94. The maximum Gasteiger partial charge on any atom is 0.317 e. The number of nitrogens with one attached hydrogen (secondary N) is 1. The van der Waals surface area contributed by atoms with Crippen LogP contribution in [0.2, 0.25) is 0 Å². The van der Waals surface area contributed by atoms with Gasteiger partial charge in [0.1, 0.15) is 0 Å². The second-order valence-corrected chi connectivity index (χ2v) is 5.47. The Morgan fingerprint density at radius 3 is 2.53 bits per heavy atom. The molecule has 0 aromatic rings. The standard InChI is InChI=1S/C13H24N2O2/c16-13(17)10-15-8-4-7-12(9-15)14-11-5-2-1-3-6-11/h11-12,14H,1-10H2,(H,16,17). The van der Waals surface area contributed by atoms with Gasteiger partial charge < -0.3 is 10.4 Å². The molecule has 98 valence electrons. The molecule has 1 unspecified atom stereocenters. The first-order valence-electron chi connectivity index (χ1n) is 6.94. The number of carboxylic acid groups (broad SMARTS) is 1. The van der Waals surface area contributed by atoms with Gasteiger partial charge in [-0.05, 0) is 32.2 Å². The van der Waals surface area contributed by atoms with E-state index in [1.165, 1.54) is 38.5 Å². The third-order valence-electron chi connectivity index (χ3n) is 3.94. The van der Waals surface area contributed by atoms with Crippen molar-refractivity contribution in [2.75, 3.05) is 19.6 Å². The van der Waals surface area contributed by atoms with Gasteiger partial charge in [0.2, 0.25) is 0 Å². The molecule has 1 heterocycles. The molecule has 0 aromatic carbocycles. The Morgan fingerprint density at radius 2 is 1.82 bits per heavy atom. The van der Waals surface area contributed by atoms with E-state index in [0.29, 0.717) is 12.1 Å². The Morgan fingerprint density at radius 1 is 1.12 bits per heavy atom. The third kappa shape index (κ3) is 4.28. The molecule has 4 heteroatoms. The Bertz CT molecular complexity index is 252. The van der Waals surface area contributed by atoms with Crippen LogP contribution in [-0.2, 0) is 4.79 Å². The highest BCUT2D eigenvalue weighted by Gasteiger charge is 2.24. The van der Waals surface area contributed by atoms with Gasteiger partial charge in [0.25, 0.3) is 0 Å². The first kappa shape index (κ1) is 12.8. The number of hydrogen-bond donors (Lipinski definition) is 2. The van der Waals surface area contributed by atoms with Crippen LogP contribution in [0.5, 0.6) is 0 Å². The van der Waals surface area contributed by atoms with Gasteiger partial charge in [-0.2, -0.15) is 0 Å². The minimum absolute atomic E-state index is 0.197. The summed E-state index contributed by atoms with van der Waals surface area (Å²) in [5.41, 5.74) is 0. The smallest absolute Gasteiger partial charge is 0.317 e. The predicted molar refractivity (Wildman–Crippen MR) is 67.1 cm³/mol. The molecule has 2 aliphatic rings. The van der Waals surface area contributed by atoms with Gasteiger partial charge in [-0.25, -0.2) is 0 Å². The summed E-state index contributed by atoms with van der Waals surface area (Å²) in [7, 11) is 0. The number of aliphatic carboxylic acids is 1. The fraction of sp³-hybridized carbons (Fsp3) is 0.923. The highest BCUT2D eigenvalue weighted by Crippen LogP contribution is 2.19. The molecule has 1 saturated heterocycles. The summed E-state index contributed by atoms with van der Waals surface area (Å²) in [4.78, 5) is 12.8. The number of hydrogen-bond acceptors (Lipinski definition) is 3. The van der Waals surface area contributed by atoms with Crippen LogP contribution < -0.4 is 5.32 Å². The quantitative estimate of drug-likeness (QED) is 0.781. The van der Waals surface area contributed by atoms with E-state index >= 15 is 0 Å². The zero-order valence-electron chi connectivity index (χ0n) is 10.5. The van der Waals surface area contributed by atoms with Crippen molar-refractivity contribution in [3.63, 3.8) is 0 Å². The number of piperidine rings is 1. The van der Waals surface area contributed by atoms with Crippen molar-refractivity contribution in [3.05, 3.63) is 0 Å². The van der Waals surface area contributed by atoms with E-state index in [1.807, 2.05) is 0 Å². The Balaban J connectivity index is 1.74. The molecule has 1 atom stereocenters. The molecule has 0 spiro atoms. The van der Waals surface area contributed by atoms with Gasteiger partial charge in [-0.1, -0.05) is 19.3 Å². The molecule has 4 nitrogen and oxygen atoms in total. The Hall–Kier alpha value is -0.610. The van der Waals surface area contributed by atoms with E-state index in [1.54, 1.807) is 0 Å². The lowest BCUT2D eigenvalue weighted by Crippen LogP contribution is -2.50. The topological polar surface area (TPSA) is 52.6 Å². The van der Waals surface area contributed by atoms with Crippen molar-refractivity contribution >= 4 is 5.97 Å². The molecule has 2 fully saturated rings. The summed E-state index contributed by atoms with van der Waals surface area (Å²) >= 11 is 0. The molecule has 0 bridgehead atoms. The molecule has 2 rings (SSSR count). The number of rotatable bonds is 4. The van der Waals surface area contributed by atoms with E-state index in [9.17, 15) is 4.79 Å². The van der Waals surface area contributed by atoms with Crippen LogP contribution in [0.15, 0.2) is 0 Å². The molecular weight excluding hydrogens is 216 g/mol. The fourth-order valence-electron chi connectivity index (χ4n) is 3.13. The minimum Gasteiger partial charge on any atom is -0.480 e. The first-order chi connectivity index (χ1) is 8.24. The van der Waals surface area contributed by atoms with Gasteiger partial charge in [0, 0.05) is 18.6 Å². The summed E-state index contributed by atoms with van der Waals surface area (Å²) in [6, 6.07) is 1.18. The molecular formula is C13H24N2O2. The monoisotopic (exact) mass is 240 g/mol. The van der Waals surface area contributed by atoms with Crippen molar-refractivity contribution in [2.24, 2.45) is 0 Å². The average Bonchev–Trinajstić information content (AvgIpc) is 2.30. The Kier molecular flexibility index (Phi) is 4.80. The van der Waals surface area contributed by atoms with Crippen LogP contribution in [0, 0.1) is 0 Å². The minimum atomic E-state index is -0.705. The van der Waals surface area contributed by atoms with Crippen molar-refractivity contribution < 1.29 is 9.90 Å². The van der Waals surface area contributed by atoms with Crippen molar-refractivity contribution in [3.8, 4) is 0 Å². The molecule has 0 aromatic heterocycles. The van der Waals surface area contributed by atoms with Crippen LogP contribution >= 0.6 is 0 Å². The van der Waals surface area contributed by atoms with Crippen molar-refractivity contribution in [1.29, 1.82) is 0 Å². The van der Waals surface area contributed by atoms with Crippen LogP contribution in [0.3, 0.4) is 0 Å². The zero-order chi connectivity index (χ0) is 12.1. The van der Waals surface area contributed by atoms with Gasteiger partial charge in [0.15, 0.2) is 0 Å². The van der Waals surface area contributed by atoms with Gasteiger partial charge in [-0.15, -0.1) is 0 Å². The Labute approximate surface area is 103 Å². The molecule has 1 aliphatic heterocycles. The number of carbonyl (C=O) groups is 1. The molecule has 1 aliphatic carbocycles. The van der Waals surface area contributed by atoms with Gasteiger partial charge in [-0.3, -0.25) is 9.69 Å². The SMILES string of the molecule is O=C(O)CN1CCCC(NC2CCCCC2)C1. The van der Waals surface area contributed by atoms with Crippen LogP contribution in [0.4, 0.5) is 0 Å². The maximum absolute atomic E-state index is 10.7. The van der Waals surface area contributed by atoms with E-state index in [0.717, 1.165) is 19.5 Å². The van der Waals surface area contributed by atoms with Crippen molar-refractivity contribution in [2.45, 2.75) is 57.0 Å². The summed E-state index contributed by atoms with van der Waals surface area (Å²) in [6.45, 7) is 2.04. The molecule has 2 N–H and O–H groups in total. The highest BCUT2D eigenvalue weighted by molar-refractivity contribution is 5.69. The highest BCUT2D eigenvalue weighted by atomic mass is 16.4. The van der Waals surface area contributed by atoms with Crippen LogP contribution in [0.25, 0.3) is 0 Å². The van der Waals surface area contributed by atoms with E-state index in [2.05, 4.69) is 10.2 Å². The second-order valence-electron chi connectivity index (χ2n) is 5.47. The van der Waals surface area contributed by atoms with Crippen molar-refractivity contribution in [1.82, 2.24) is 10.2 Å². The van der Waals surface area contributed by atoms with Gasteiger partial charge >= 0.3 is 5.97 Å². The largest absolute Gasteiger partial charge is 0.480 e. The zero-order valence-corrected chi connectivity index (χ0v) is 10.5. The van der Waals surface area contributed by atoms with Crippen LogP contribution in [0.1, 0.15) is 44.9 Å². The van der Waals surface area contributed by atoms with E-state index in [4.69, 9.17) is 5.11 Å². The number of nitrogens with zero attached hydrogens (tertiary/aromatic N) is 1. The third-order valence-corrected chi connectivity index (χ3v) is 3.94. The summed E-state index contributed by atoms with van der Waals surface area (Å²) in [5, 5.41) is 12.5. The average molecular weight is 240 g/mol. The number of carboxylic acids is 1. The van der Waals surface area contributed by atoms with E-state index in [-0.39, 0.29) is 6.54 Å². The van der Waals surface area contributed by atoms with Gasteiger partial charge in [0.05, 0.1) is 6.54 Å². The lowest BCUT2D eigenvalue weighted by molar-refractivity contribution is -0.138. The predicted octanol–water partition coefficient (Wildman–Crippen LogP) is 1.46. The fourth-order valence-corrected chi connectivity index (χ4v) is 3.13. The lowest BCUT2D eigenvalue weighted by Gasteiger charge is -2.35. The maximum atomic E-state index is 10.7. The summed E-state index contributed by atoms with van der Waals surface area (Å²) in [6.07, 6.45) is 9.01.